The van der Waals surface area contributed by atoms with Crippen LogP contribution in [-0.2, 0) is 5.75 Å². The lowest BCUT2D eigenvalue weighted by Crippen LogP contribution is -2.30. The second kappa shape index (κ2) is 6.42. The number of carbonyl (C=O) groups is 1. The molecule has 0 aliphatic carbocycles. The molecule has 0 bridgehead atoms. The molecule has 0 atom stereocenters. The summed E-state index contributed by atoms with van der Waals surface area (Å²) in [7, 11) is 0. The summed E-state index contributed by atoms with van der Waals surface area (Å²) in [6, 6.07) is 8.18. The maximum Gasteiger partial charge on any atom is 0.301 e. The number of furan rings is 1. The van der Waals surface area contributed by atoms with Crippen molar-refractivity contribution < 1.29 is 14.1 Å². The Morgan fingerprint density at radius 1 is 1.48 bits per heavy atom. The second-order valence-corrected chi connectivity index (χ2v) is 5.23. The van der Waals surface area contributed by atoms with E-state index in [4.69, 9.17) is 10.3 Å². The molecule has 2 aromatic rings. The van der Waals surface area contributed by atoms with Crippen LogP contribution in [0.25, 0.3) is 0 Å². The molecule has 1 aromatic heterocycles. The third kappa shape index (κ3) is 3.41. The van der Waals surface area contributed by atoms with Crippen molar-refractivity contribution in [1.82, 2.24) is 5.43 Å². The Morgan fingerprint density at radius 3 is 2.86 bits per heavy atom. The molecule has 8 heteroatoms. The number of rotatable bonds is 5. The molecule has 7 nitrogen and oxygen atoms in total. The van der Waals surface area contributed by atoms with Crippen molar-refractivity contribution in [3.63, 3.8) is 0 Å². The molecule has 0 aliphatic heterocycles. The van der Waals surface area contributed by atoms with Crippen LogP contribution in [0.1, 0.15) is 21.9 Å². The molecule has 2 rings (SSSR count). The average Bonchev–Trinajstić information content (AvgIpc) is 2.85. The molecule has 3 N–H and O–H groups in total. The number of aryl methyl sites for hydroxylation is 1. The number of hydrogen-bond donors (Lipinski definition) is 2. The van der Waals surface area contributed by atoms with E-state index in [1.165, 1.54) is 17.8 Å². The first-order valence-electron chi connectivity index (χ1n) is 5.99. The third-order valence-electron chi connectivity index (χ3n) is 2.74. The Balaban J connectivity index is 2.14. The molecular formula is C13H13N3O4S. The van der Waals surface area contributed by atoms with Gasteiger partial charge in [-0.15, -0.1) is 11.8 Å². The number of nitrogens with two attached hydrogens (primary N) is 1. The second-order valence-electron chi connectivity index (χ2n) is 4.21. The first-order valence-corrected chi connectivity index (χ1v) is 6.98. The summed E-state index contributed by atoms with van der Waals surface area (Å²) >= 11 is 1.27. The van der Waals surface area contributed by atoms with E-state index in [2.05, 4.69) is 0 Å². The van der Waals surface area contributed by atoms with Crippen molar-refractivity contribution in [2.45, 2.75) is 17.6 Å². The number of nitro groups is 1. The van der Waals surface area contributed by atoms with Gasteiger partial charge in [0.15, 0.2) is 5.76 Å². The minimum Gasteiger partial charge on any atom is -0.455 e. The number of nitrogens with zero attached hydrogens (tertiary/aromatic N) is 1. The van der Waals surface area contributed by atoms with Crippen LogP contribution in [0.4, 0.5) is 5.69 Å². The Morgan fingerprint density at radius 2 is 2.19 bits per heavy atom. The van der Waals surface area contributed by atoms with Gasteiger partial charge in [-0.2, -0.15) is 0 Å². The van der Waals surface area contributed by atoms with Gasteiger partial charge in [0, 0.05) is 11.6 Å². The summed E-state index contributed by atoms with van der Waals surface area (Å²) in [6.45, 7) is 1.73. The highest BCUT2D eigenvalue weighted by atomic mass is 32.2. The van der Waals surface area contributed by atoms with E-state index >= 15 is 0 Å². The van der Waals surface area contributed by atoms with Gasteiger partial charge >= 0.3 is 5.91 Å². The fraction of sp³-hybridized carbons (Fsp3) is 0.154. The van der Waals surface area contributed by atoms with Crippen molar-refractivity contribution in [2.75, 3.05) is 0 Å². The fourth-order valence-electron chi connectivity index (χ4n) is 1.79. The molecule has 21 heavy (non-hydrogen) atoms. The number of nitrogen functional groups attached to an aromatic ring is 1. The van der Waals surface area contributed by atoms with E-state index < -0.39 is 10.8 Å². The van der Waals surface area contributed by atoms with Crippen LogP contribution in [0.5, 0.6) is 0 Å². The standard InChI is InChI=1S/C13H13N3O4S/c1-8-6-9(20-12(8)13(17)15-14)7-21-11-5-3-2-4-10(11)16(18)19/h2-6H,7,14H2,1H3,(H,15,17). The molecule has 0 spiro atoms. The predicted molar refractivity (Wildman–Crippen MR) is 77.8 cm³/mol. The summed E-state index contributed by atoms with van der Waals surface area (Å²) in [6.07, 6.45) is 0. The normalized spacial score (nSPS) is 10.4. The van der Waals surface area contributed by atoms with E-state index in [0.29, 0.717) is 22.0 Å². The van der Waals surface area contributed by atoms with Crippen LogP contribution in [-0.4, -0.2) is 10.8 Å². The van der Waals surface area contributed by atoms with Crippen molar-refractivity contribution >= 4 is 23.4 Å². The molecule has 0 fully saturated rings. The molecule has 0 saturated carbocycles. The van der Waals surface area contributed by atoms with Gasteiger partial charge in [0.1, 0.15) is 5.76 Å². The molecule has 0 radical (unpaired) electrons. The van der Waals surface area contributed by atoms with Gasteiger partial charge in [0.05, 0.1) is 15.6 Å². The largest absolute Gasteiger partial charge is 0.455 e. The van der Waals surface area contributed by atoms with E-state index in [0.717, 1.165) is 0 Å². The van der Waals surface area contributed by atoms with Crippen LogP contribution in [0.3, 0.4) is 0 Å². The molecule has 1 amide bonds. The summed E-state index contributed by atoms with van der Waals surface area (Å²) in [5.74, 6) is 5.63. The van der Waals surface area contributed by atoms with E-state index in [-0.39, 0.29) is 11.4 Å². The number of benzene rings is 1. The number of para-hydroxylation sites is 1. The van der Waals surface area contributed by atoms with E-state index in [1.54, 1.807) is 31.2 Å². The Bertz CT molecular complexity index is 684. The van der Waals surface area contributed by atoms with Crippen molar-refractivity contribution in [3.05, 3.63) is 57.5 Å². The fourth-order valence-corrected chi connectivity index (χ4v) is 2.69. The van der Waals surface area contributed by atoms with Gasteiger partial charge in [-0.25, -0.2) is 5.84 Å². The third-order valence-corrected chi connectivity index (χ3v) is 3.82. The molecular weight excluding hydrogens is 294 g/mol. The van der Waals surface area contributed by atoms with Gasteiger partial charge in [-0.1, -0.05) is 12.1 Å². The van der Waals surface area contributed by atoms with Gasteiger partial charge in [0.2, 0.25) is 0 Å². The van der Waals surface area contributed by atoms with Crippen LogP contribution in [0.2, 0.25) is 0 Å². The SMILES string of the molecule is Cc1cc(CSc2ccccc2[N+](=O)[O-])oc1C(=O)NN. The minimum atomic E-state index is -0.505. The van der Waals surface area contributed by atoms with Crippen molar-refractivity contribution in [3.8, 4) is 0 Å². The highest BCUT2D eigenvalue weighted by Gasteiger charge is 2.17. The first kappa shape index (κ1) is 15.1. The molecule has 0 unspecified atom stereocenters. The summed E-state index contributed by atoms with van der Waals surface area (Å²) in [5, 5.41) is 10.9. The number of amides is 1. The predicted octanol–water partition coefficient (Wildman–Crippen LogP) is 2.39. The monoisotopic (exact) mass is 307 g/mol. The zero-order valence-electron chi connectivity index (χ0n) is 11.2. The Labute approximate surface area is 124 Å². The van der Waals surface area contributed by atoms with Crippen molar-refractivity contribution in [1.29, 1.82) is 0 Å². The minimum absolute atomic E-state index is 0.0469. The Hall–Kier alpha value is -2.32. The molecule has 110 valence electrons. The number of nitrogens with one attached hydrogen (secondary N) is 1. The van der Waals surface area contributed by atoms with Crippen LogP contribution >= 0.6 is 11.8 Å². The Kier molecular flexibility index (Phi) is 4.61. The zero-order valence-corrected chi connectivity index (χ0v) is 12.0. The van der Waals surface area contributed by atoms with Crippen molar-refractivity contribution in [2.24, 2.45) is 5.84 Å². The summed E-state index contributed by atoms with van der Waals surface area (Å²) in [4.78, 5) is 22.5. The molecule has 0 saturated heterocycles. The highest BCUT2D eigenvalue weighted by molar-refractivity contribution is 7.98. The van der Waals surface area contributed by atoms with Crippen LogP contribution in [0, 0.1) is 17.0 Å². The zero-order chi connectivity index (χ0) is 15.4. The molecule has 1 heterocycles. The van der Waals surface area contributed by atoms with Gasteiger partial charge in [-0.05, 0) is 19.1 Å². The first-order chi connectivity index (χ1) is 10.0. The van der Waals surface area contributed by atoms with Gasteiger partial charge in [0.25, 0.3) is 5.69 Å². The smallest absolute Gasteiger partial charge is 0.301 e. The number of hydrazine groups is 1. The highest BCUT2D eigenvalue weighted by Crippen LogP contribution is 2.32. The van der Waals surface area contributed by atoms with Crippen LogP contribution < -0.4 is 11.3 Å². The summed E-state index contributed by atoms with van der Waals surface area (Å²) < 4.78 is 5.41. The average molecular weight is 307 g/mol. The quantitative estimate of drug-likeness (QED) is 0.288. The van der Waals surface area contributed by atoms with E-state index in [9.17, 15) is 14.9 Å². The lowest BCUT2D eigenvalue weighted by Gasteiger charge is -2.01. The topological polar surface area (TPSA) is 111 Å². The summed E-state index contributed by atoms with van der Waals surface area (Å²) in [5.41, 5.74) is 2.71. The number of carbonyl (C=O) groups excluding carboxylic acids is 1. The van der Waals surface area contributed by atoms with E-state index in [1.807, 2.05) is 5.43 Å². The van der Waals surface area contributed by atoms with Gasteiger partial charge in [-0.3, -0.25) is 20.3 Å². The lowest BCUT2D eigenvalue weighted by atomic mass is 10.2. The number of hydrogen-bond acceptors (Lipinski definition) is 6. The van der Waals surface area contributed by atoms with Crippen LogP contribution in [0.15, 0.2) is 39.6 Å². The molecule has 1 aromatic carbocycles. The number of thioether (sulfide) groups is 1. The van der Waals surface area contributed by atoms with Gasteiger partial charge < -0.3 is 4.42 Å². The maximum atomic E-state index is 11.4. The maximum absolute atomic E-state index is 11.4. The number of nitro benzene ring substituents is 1. The molecule has 0 aliphatic rings. The lowest BCUT2D eigenvalue weighted by molar-refractivity contribution is -0.387.